The maximum Gasteiger partial charge on any atom is 0.286 e. The van der Waals surface area contributed by atoms with E-state index in [-0.39, 0.29) is 21.7 Å². The molecule has 126 valence electrons. The van der Waals surface area contributed by atoms with Gasteiger partial charge in [0.15, 0.2) is 11.0 Å². The number of carbonyl (C=O) groups excluding carboxylic acids is 1. The van der Waals surface area contributed by atoms with E-state index in [1.165, 1.54) is 6.07 Å². The van der Waals surface area contributed by atoms with Crippen LogP contribution in [-0.2, 0) is 14.8 Å². The summed E-state index contributed by atoms with van der Waals surface area (Å²) in [5.41, 5.74) is 2.22. The van der Waals surface area contributed by atoms with Crippen LogP contribution < -0.4 is 10.6 Å². The number of H-pyrrole nitrogens is 1. The molecule has 0 fully saturated rings. The van der Waals surface area contributed by atoms with Gasteiger partial charge < -0.3 is 10.6 Å². The van der Waals surface area contributed by atoms with Crippen molar-refractivity contribution in [2.45, 2.75) is 18.7 Å². The molecule has 8 nitrogen and oxygen atoms in total. The molecule has 3 N–H and O–H groups in total. The van der Waals surface area contributed by atoms with Crippen molar-refractivity contribution in [1.29, 1.82) is 0 Å². The minimum Gasteiger partial charge on any atom is -0.333 e. The third-order valence-corrected chi connectivity index (χ3v) is 5.49. The molecule has 1 aromatic heterocycles. The zero-order valence-electron chi connectivity index (χ0n) is 13.0. The fourth-order valence-corrected chi connectivity index (χ4v) is 4.14. The van der Waals surface area contributed by atoms with E-state index >= 15 is 0 Å². The van der Waals surface area contributed by atoms with Crippen LogP contribution in [-0.4, -0.2) is 35.4 Å². The van der Waals surface area contributed by atoms with Crippen molar-refractivity contribution in [1.82, 2.24) is 10.2 Å². The maximum atomic E-state index is 12.2. The van der Waals surface area contributed by atoms with E-state index < -0.39 is 10.0 Å². The number of amidine groups is 1. The van der Waals surface area contributed by atoms with Gasteiger partial charge in [-0.15, -0.1) is 4.40 Å². The second kappa shape index (κ2) is 6.29. The van der Waals surface area contributed by atoms with Gasteiger partial charge >= 0.3 is 0 Å². The van der Waals surface area contributed by atoms with Crippen LogP contribution >= 0.6 is 11.8 Å². The molecular formula is C14H15N5O3S2. The van der Waals surface area contributed by atoms with Gasteiger partial charge in [-0.25, -0.2) is 0 Å². The monoisotopic (exact) mass is 365 g/mol. The molecule has 1 aromatic carbocycles. The number of hydrogen-bond acceptors (Lipinski definition) is 6. The molecule has 0 saturated carbocycles. The van der Waals surface area contributed by atoms with Crippen LogP contribution in [0.2, 0.25) is 0 Å². The van der Waals surface area contributed by atoms with E-state index in [0.29, 0.717) is 11.5 Å². The Hall–Kier alpha value is -2.33. The van der Waals surface area contributed by atoms with E-state index in [0.717, 1.165) is 23.0 Å². The lowest BCUT2D eigenvalue weighted by Crippen LogP contribution is -2.22. The smallest absolute Gasteiger partial charge is 0.286 e. The molecule has 2 aromatic rings. The number of nitrogens with one attached hydrogen (secondary N) is 3. The van der Waals surface area contributed by atoms with Crippen LogP contribution in [0.4, 0.5) is 11.5 Å². The summed E-state index contributed by atoms with van der Waals surface area (Å²) in [7, 11) is -3.76. The molecule has 1 aliphatic rings. The first kappa shape index (κ1) is 16.5. The van der Waals surface area contributed by atoms with Crippen molar-refractivity contribution in [3.05, 3.63) is 35.5 Å². The van der Waals surface area contributed by atoms with Crippen LogP contribution in [0.15, 0.2) is 33.6 Å². The summed E-state index contributed by atoms with van der Waals surface area (Å²) in [6.07, 6.45) is 0. The molecule has 2 heterocycles. The van der Waals surface area contributed by atoms with E-state index in [1.54, 1.807) is 18.2 Å². The zero-order valence-corrected chi connectivity index (χ0v) is 14.6. The normalized spacial score (nSPS) is 15.2. The number of benzene rings is 1. The second-order valence-corrected chi connectivity index (χ2v) is 7.81. The van der Waals surface area contributed by atoms with Crippen molar-refractivity contribution >= 4 is 44.4 Å². The van der Waals surface area contributed by atoms with Crippen molar-refractivity contribution in [2.75, 3.05) is 16.4 Å². The van der Waals surface area contributed by atoms with Gasteiger partial charge in [-0.3, -0.25) is 9.89 Å². The van der Waals surface area contributed by atoms with Gasteiger partial charge in [-0.05, 0) is 31.5 Å². The molecule has 1 aliphatic heterocycles. The number of thioether (sulfide) groups is 1. The third-order valence-electron chi connectivity index (χ3n) is 3.17. The lowest BCUT2D eigenvalue weighted by atomic mass is 10.2. The molecular weight excluding hydrogens is 350 g/mol. The number of aryl methyl sites for hydroxylation is 2. The third kappa shape index (κ3) is 3.60. The van der Waals surface area contributed by atoms with Gasteiger partial charge in [0, 0.05) is 11.8 Å². The highest BCUT2D eigenvalue weighted by molar-refractivity contribution is 8.15. The summed E-state index contributed by atoms with van der Waals surface area (Å²) in [6.45, 7) is 3.69. The number of rotatable bonds is 3. The first-order valence-electron chi connectivity index (χ1n) is 7.01. The Morgan fingerprint density at radius 2 is 2.08 bits per heavy atom. The van der Waals surface area contributed by atoms with Crippen molar-refractivity contribution in [2.24, 2.45) is 4.40 Å². The largest absolute Gasteiger partial charge is 0.333 e. The van der Waals surface area contributed by atoms with E-state index in [4.69, 9.17) is 0 Å². The molecule has 3 rings (SSSR count). The summed E-state index contributed by atoms with van der Waals surface area (Å²) in [4.78, 5) is 12.0. The predicted molar refractivity (Wildman–Crippen MR) is 93.8 cm³/mol. The van der Waals surface area contributed by atoms with Crippen LogP contribution in [0.25, 0.3) is 0 Å². The van der Waals surface area contributed by atoms with Gasteiger partial charge in [0.25, 0.3) is 10.0 Å². The first-order chi connectivity index (χ1) is 11.3. The molecule has 0 radical (unpaired) electrons. The second-order valence-electron chi connectivity index (χ2n) is 5.27. The van der Waals surface area contributed by atoms with Crippen LogP contribution in [0.1, 0.15) is 11.3 Å². The molecule has 0 unspecified atom stereocenters. The molecule has 24 heavy (non-hydrogen) atoms. The topological polar surface area (TPSA) is 116 Å². The number of carbonyl (C=O) groups is 1. The highest BCUT2D eigenvalue weighted by Crippen LogP contribution is 2.30. The predicted octanol–water partition coefficient (Wildman–Crippen LogP) is 1.87. The first-order valence-corrected chi connectivity index (χ1v) is 9.43. The average Bonchev–Trinajstić information content (AvgIpc) is 2.89. The number of hydrogen-bond donors (Lipinski definition) is 3. The number of anilines is 2. The standard InChI is InChI=1S/C14H15N5O3S2/c1-8-3-4-11-10(5-8)15-14(19-24(11,21)22)23-7-13(20)16-12-6-9(2)17-18-12/h3-6H,7H2,1-2H3,(H,15,19)(H2,16,17,18,20). The Bertz CT molecular complexity index is 934. The lowest BCUT2D eigenvalue weighted by Gasteiger charge is -2.17. The van der Waals surface area contributed by atoms with Crippen LogP contribution in [0.5, 0.6) is 0 Å². The Kier molecular flexibility index (Phi) is 4.33. The summed E-state index contributed by atoms with van der Waals surface area (Å²) in [5, 5.41) is 12.4. The van der Waals surface area contributed by atoms with E-state index in [2.05, 4.69) is 25.2 Å². The van der Waals surface area contributed by atoms with E-state index in [9.17, 15) is 13.2 Å². The van der Waals surface area contributed by atoms with Gasteiger partial charge in [0.05, 0.1) is 11.4 Å². The Labute approximate surface area is 143 Å². The highest BCUT2D eigenvalue weighted by atomic mass is 32.2. The van der Waals surface area contributed by atoms with Gasteiger partial charge in [-0.2, -0.15) is 13.5 Å². The van der Waals surface area contributed by atoms with Gasteiger partial charge in [-0.1, -0.05) is 17.8 Å². The minimum absolute atomic E-state index is 0.00834. The molecule has 0 spiro atoms. The number of amides is 1. The molecule has 0 bridgehead atoms. The number of aromatic amines is 1. The summed E-state index contributed by atoms with van der Waals surface area (Å²) in [5.74, 6) is 0.127. The zero-order chi connectivity index (χ0) is 17.3. The molecule has 0 atom stereocenters. The van der Waals surface area contributed by atoms with Gasteiger partial charge in [0.1, 0.15) is 4.90 Å². The quantitative estimate of drug-likeness (QED) is 0.764. The Morgan fingerprint density at radius 3 is 2.79 bits per heavy atom. The number of fused-ring (bicyclic) bond motifs is 1. The summed E-state index contributed by atoms with van der Waals surface area (Å²) < 4.78 is 28.1. The summed E-state index contributed by atoms with van der Waals surface area (Å²) in [6, 6.07) is 6.66. The lowest BCUT2D eigenvalue weighted by molar-refractivity contribution is -0.113. The highest BCUT2D eigenvalue weighted by Gasteiger charge is 2.25. The number of nitrogens with zero attached hydrogens (tertiary/aromatic N) is 2. The van der Waals surface area contributed by atoms with Crippen LogP contribution in [0.3, 0.4) is 0 Å². The maximum absolute atomic E-state index is 12.2. The molecule has 0 saturated heterocycles. The number of aromatic nitrogens is 2. The Balaban J connectivity index is 1.68. The van der Waals surface area contributed by atoms with Crippen molar-refractivity contribution in [3.63, 3.8) is 0 Å². The molecule has 10 heteroatoms. The minimum atomic E-state index is -3.76. The fourth-order valence-electron chi connectivity index (χ4n) is 2.12. The van der Waals surface area contributed by atoms with Crippen molar-refractivity contribution in [3.8, 4) is 0 Å². The Morgan fingerprint density at radius 1 is 1.29 bits per heavy atom. The molecule has 1 amide bonds. The average molecular weight is 365 g/mol. The fraction of sp³-hybridized carbons (Fsp3) is 0.214. The van der Waals surface area contributed by atoms with Crippen LogP contribution in [0, 0.1) is 13.8 Å². The number of sulfonamides is 1. The summed E-state index contributed by atoms with van der Waals surface area (Å²) >= 11 is 1.01. The molecule has 0 aliphatic carbocycles. The SMILES string of the molecule is Cc1ccc2c(c1)NC(SCC(=O)Nc1cc(C)[nH]n1)=NS2(=O)=O. The van der Waals surface area contributed by atoms with Crippen molar-refractivity contribution < 1.29 is 13.2 Å². The van der Waals surface area contributed by atoms with E-state index in [1.807, 2.05) is 13.8 Å². The van der Waals surface area contributed by atoms with Gasteiger partial charge in [0.2, 0.25) is 5.91 Å².